The maximum Gasteiger partial charge on any atom is 0.273 e. The van der Waals surface area contributed by atoms with Gasteiger partial charge in [0, 0.05) is 25.1 Å². The number of hydrogen-bond acceptors (Lipinski definition) is 5. The molecule has 1 fully saturated rings. The van der Waals surface area contributed by atoms with Crippen molar-refractivity contribution in [2.75, 3.05) is 6.61 Å². The van der Waals surface area contributed by atoms with Gasteiger partial charge >= 0.3 is 0 Å². The fourth-order valence-corrected chi connectivity index (χ4v) is 3.19. The van der Waals surface area contributed by atoms with Crippen molar-refractivity contribution in [2.24, 2.45) is 0 Å². The molecule has 8 heteroatoms. The molecule has 0 radical (unpaired) electrons. The van der Waals surface area contributed by atoms with Gasteiger partial charge in [0.05, 0.1) is 17.0 Å². The molecule has 0 saturated carbocycles. The highest BCUT2D eigenvalue weighted by Crippen LogP contribution is 2.22. The standard InChI is InChI=1S/C20H21N3O5/c1-14-18(11-20(25)22(14)12-15-6-3-2-4-7-15)21-19(24)13-28-17-9-5-8-16(10-17)23(26)27/h2-10,14,18H,11-13H2,1H3,(H,21,24)/t14-,18-/m0/s1. The molecule has 2 aromatic rings. The fraction of sp³-hybridized carbons (Fsp3) is 0.300. The molecule has 1 heterocycles. The molecule has 8 nitrogen and oxygen atoms in total. The summed E-state index contributed by atoms with van der Waals surface area (Å²) in [5.74, 6) is -0.149. The summed E-state index contributed by atoms with van der Waals surface area (Å²) in [6.07, 6.45) is 0.233. The van der Waals surface area contributed by atoms with Crippen molar-refractivity contribution in [3.8, 4) is 5.75 Å². The molecule has 3 rings (SSSR count). The van der Waals surface area contributed by atoms with Crippen molar-refractivity contribution >= 4 is 17.5 Å². The van der Waals surface area contributed by atoms with E-state index in [0.717, 1.165) is 5.56 Å². The highest BCUT2D eigenvalue weighted by atomic mass is 16.6. The number of nitrogens with zero attached hydrogens (tertiary/aromatic N) is 2. The number of carbonyl (C=O) groups excluding carboxylic acids is 2. The van der Waals surface area contributed by atoms with Crippen LogP contribution in [0.15, 0.2) is 54.6 Å². The average molecular weight is 383 g/mol. The van der Waals surface area contributed by atoms with Gasteiger partial charge in [-0.3, -0.25) is 19.7 Å². The molecular formula is C20H21N3O5. The Balaban J connectivity index is 1.53. The van der Waals surface area contributed by atoms with Gasteiger partial charge in [-0.2, -0.15) is 0 Å². The third kappa shape index (κ3) is 4.64. The molecule has 0 unspecified atom stereocenters. The van der Waals surface area contributed by atoms with Crippen LogP contribution in [0.3, 0.4) is 0 Å². The summed E-state index contributed by atoms with van der Waals surface area (Å²) >= 11 is 0. The van der Waals surface area contributed by atoms with Crippen molar-refractivity contribution in [1.29, 1.82) is 0 Å². The Bertz CT molecular complexity index is 871. The number of nitro groups is 1. The maximum atomic E-state index is 12.3. The number of carbonyl (C=O) groups is 2. The Morgan fingerprint density at radius 1 is 1.25 bits per heavy atom. The van der Waals surface area contributed by atoms with E-state index in [1.165, 1.54) is 18.2 Å². The van der Waals surface area contributed by atoms with Gasteiger partial charge in [-0.1, -0.05) is 36.4 Å². The second-order valence-electron chi connectivity index (χ2n) is 6.67. The SMILES string of the molecule is C[C@H]1[C@@H](NC(=O)COc2cccc([N+](=O)[O-])c2)CC(=O)N1Cc1ccccc1. The molecule has 2 amide bonds. The first kappa shape index (κ1) is 19.3. The van der Waals surface area contributed by atoms with Crippen LogP contribution in [0.5, 0.6) is 5.75 Å². The minimum atomic E-state index is -0.528. The van der Waals surface area contributed by atoms with Crippen LogP contribution in [0.2, 0.25) is 0 Å². The summed E-state index contributed by atoms with van der Waals surface area (Å²) in [5.41, 5.74) is 0.924. The number of nitrogens with one attached hydrogen (secondary N) is 1. The van der Waals surface area contributed by atoms with Crippen molar-refractivity contribution in [3.63, 3.8) is 0 Å². The maximum absolute atomic E-state index is 12.3. The van der Waals surface area contributed by atoms with Gasteiger partial charge in [0.1, 0.15) is 5.75 Å². The molecule has 0 bridgehead atoms. The molecule has 0 aromatic heterocycles. The number of amides is 2. The molecule has 1 saturated heterocycles. The second kappa shape index (κ2) is 8.51. The molecule has 1 aliphatic heterocycles. The number of benzene rings is 2. The zero-order valence-corrected chi connectivity index (χ0v) is 15.4. The summed E-state index contributed by atoms with van der Waals surface area (Å²) in [4.78, 5) is 36.6. The van der Waals surface area contributed by atoms with Crippen LogP contribution in [0, 0.1) is 10.1 Å². The lowest BCUT2D eigenvalue weighted by atomic mass is 10.1. The van der Waals surface area contributed by atoms with E-state index < -0.39 is 4.92 Å². The monoisotopic (exact) mass is 383 g/mol. The average Bonchev–Trinajstić information content (AvgIpc) is 2.95. The number of non-ortho nitro benzene ring substituents is 1. The predicted octanol–water partition coefficient (Wildman–Crippen LogP) is 2.28. The van der Waals surface area contributed by atoms with E-state index in [1.54, 1.807) is 11.0 Å². The topological polar surface area (TPSA) is 102 Å². The quantitative estimate of drug-likeness (QED) is 0.584. The Morgan fingerprint density at radius 2 is 2.00 bits per heavy atom. The van der Waals surface area contributed by atoms with Gasteiger partial charge in [0.15, 0.2) is 6.61 Å². The lowest BCUT2D eigenvalue weighted by molar-refractivity contribution is -0.384. The van der Waals surface area contributed by atoms with E-state index in [9.17, 15) is 19.7 Å². The summed E-state index contributed by atoms with van der Waals surface area (Å²) in [6, 6.07) is 14.9. The van der Waals surface area contributed by atoms with E-state index >= 15 is 0 Å². The molecule has 2 atom stereocenters. The Morgan fingerprint density at radius 3 is 2.71 bits per heavy atom. The van der Waals surface area contributed by atoms with E-state index in [0.29, 0.717) is 6.54 Å². The third-order valence-electron chi connectivity index (χ3n) is 4.73. The fourth-order valence-electron chi connectivity index (χ4n) is 3.19. The van der Waals surface area contributed by atoms with Gasteiger partial charge in [-0.05, 0) is 18.6 Å². The number of nitro benzene ring substituents is 1. The zero-order chi connectivity index (χ0) is 20.1. The van der Waals surface area contributed by atoms with Gasteiger partial charge in [0.2, 0.25) is 5.91 Å². The lowest BCUT2D eigenvalue weighted by Gasteiger charge is -2.25. The molecular weight excluding hydrogens is 362 g/mol. The van der Waals surface area contributed by atoms with Crippen LogP contribution in [0.25, 0.3) is 0 Å². The Hall–Kier alpha value is -3.42. The highest BCUT2D eigenvalue weighted by Gasteiger charge is 2.37. The predicted molar refractivity (Wildman–Crippen MR) is 102 cm³/mol. The highest BCUT2D eigenvalue weighted by molar-refractivity contribution is 5.83. The Labute approximate surface area is 162 Å². The number of hydrogen-bond donors (Lipinski definition) is 1. The molecule has 0 aliphatic carbocycles. The Kier molecular flexibility index (Phi) is 5.88. The minimum Gasteiger partial charge on any atom is -0.484 e. The molecule has 146 valence electrons. The van der Waals surface area contributed by atoms with Crippen molar-refractivity contribution in [3.05, 3.63) is 70.3 Å². The smallest absolute Gasteiger partial charge is 0.273 e. The number of likely N-dealkylation sites (tertiary alicyclic amines) is 1. The van der Waals surface area contributed by atoms with Crippen LogP contribution in [0.1, 0.15) is 18.9 Å². The largest absolute Gasteiger partial charge is 0.484 e. The summed E-state index contributed by atoms with van der Waals surface area (Å²) in [7, 11) is 0. The second-order valence-corrected chi connectivity index (χ2v) is 6.67. The summed E-state index contributed by atoms with van der Waals surface area (Å²) < 4.78 is 5.34. The normalized spacial score (nSPS) is 18.8. The molecule has 28 heavy (non-hydrogen) atoms. The lowest BCUT2D eigenvalue weighted by Crippen LogP contribution is -2.44. The van der Waals surface area contributed by atoms with Gasteiger partial charge < -0.3 is 15.0 Å². The van der Waals surface area contributed by atoms with Crippen LogP contribution in [0.4, 0.5) is 5.69 Å². The van der Waals surface area contributed by atoms with Crippen LogP contribution < -0.4 is 10.1 Å². The minimum absolute atomic E-state index is 0.0127. The van der Waals surface area contributed by atoms with E-state index in [4.69, 9.17) is 4.74 Å². The first-order valence-corrected chi connectivity index (χ1v) is 8.94. The zero-order valence-electron chi connectivity index (χ0n) is 15.4. The van der Waals surface area contributed by atoms with Gasteiger partial charge in [0.25, 0.3) is 11.6 Å². The third-order valence-corrected chi connectivity index (χ3v) is 4.73. The molecule has 2 aromatic carbocycles. The van der Waals surface area contributed by atoms with Crippen molar-refractivity contribution in [1.82, 2.24) is 10.2 Å². The molecule has 1 N–H and O–H groups in total. The molecule has 1 aliphatic rings. The van der Waals surface area contributed by atoms with E-state index in [2.05, 4.69) is 5.32 Å². The van der Waals surface area contributed by atoms with Crippen LogP contribution >= 0.6 is 0 Å². The van der Waals surface area contributed by atoms with Crippen LogP contribution in [-0.2, 0) is 16.1 Å². The molecule has 0 spiro atoms. The first-order chi connectivity index (χ1) is 13.4. The first-order valence-electron chi connectivity index (χ1n) is 8.94. The number of ether oxygens (including phenoxy) is 1. The number of rotatable bonds is 7. The van der Waals surface area contributed by atoms with Crippen LogP contribution in [-0.4, -0.2) is 40.3 Å². The van der Waals surface area contributed by atoms with Crippen molar-refractivity contribution < 1.29 is 19.2 Å². The van der Waals surface area contributed by atoms with Crippen molar-refractivity contribution in [2.45, 2.75) is 32.0 Å². The summed E-state index contributed by atoms with van der Waals surface area (Å²) in [6.45, 7) is 2.12. The summed E-state index contributed by atoms with van der Waals surface area (Å²) in [5, 5.41) is 13.6. The van der Waals surface area contributed by atoms with Gasteiger partial charge in [-0.25, -0.2) is 0 Å². The van der Waals surface area contributed by atoms with E-state index in [-0.39, 0.29) is 48.4 Å². The van der Waals surface area contributed by atoms with Gasteiger partial charge in [-0.15, -0.1) is 0 Å². The van der Waals surface area contributed by atoms with E-state index in [1.807, 2.05) is 37.3 Å².